The topological polar surface area (TPSA) is 54.0 Å². The maximum atomic E-state index is 12.1. The van der Waals surface area contributed by atoms with Gasteiger partial charge in [0.15, 0.2) is 6.79 Å². The van der Waals surface area contributed by atoms with Crippen molar-refractivity contribution in [1.29, 1.82) is 0 Å². The molecule has 0 heterocycles. The van der Waals surface area contributed by atoms with Gasteiger partial charge in [0, 0.05) is 18.2 Å². The van der Waals surface area contributed by atoms with Gasteiger partial charge in [-0.05, 0) is 23.0 Å². The van der Waals surface area contributed by atoms with E-state index in [2.05, 4.69) is 41.5 Å². The van der Waals surface area contributed by atoms with Crippen LogP contribution in [0.4, 0.5) is 0 Å². The monoisotopic (exact) mass is 352 g/mol. The smallest absolute Gasteiger partial charge is 0.337 e. The van der Waals surface area contributed by atoms with Gasteiger partial charge < -0.3 is 18.9 Å². The molecule has 0 saturated heterocycles. The first-order chi connectivity index (χ1) is 11.5. The molecule has 5 heteroatoms. The summed E-state index contributed by atoms with van der Waals surface area (Å²) in [5, 5.41) is 0. The van der Waals surface area contributed by atoms with E-state index in [9.17, 15) is 4.79 Å². The van der Waals surface area contributed by atoms with Gasteiger partial charge in [-0.1, -0.05) is 41.5 Å². The Morgan fingerprint density at radius 1 is 0.920 bits per heavy atom. The Morgan fingerprint density at radius 2 is 1.44 bits per heavy atom. The molecule has 0 aromatic heterocycles. The Bertz CT molecular complexity index is 544. The van der Waals surface area contributed by atoms with Crippen molar-refractivity contribution in [3.05, 3.63) is 28.8 Å². The highest BCUT2D eigenvalue weighted by molar-refractivity contribution is 5.90. The van der Waals surface area contributed by atoms with Crippen molar-refractivity contribution in [1.82, 2.24) is 0 Å². The van der Waals surface area contributed by atoms with Crippen LogP contribution in [0.5, 0.6) is 5.75 Å². The Hall–Kier alpha value is -1.59. The molecule has 142 valence electrons. The van der Waals surface area contributed by atoms with Gasteiger partial charge in [0.2, 0.25) is 0 Å². The second kappa shape index (κ2) is 8.68. The van der Waals surface area contributed by atoms with E-state index >= 15 is 0 Å². The summed E-state index contributed by atoms with van der Waals surface area (Å²) >= 11 is 0. The first-order valence-electron chi connectivity index (χ1n) is 8.49. The molecular formula is C20H32O5. The molecule has 0 N–H and O–H groups in total. The highest BCUT2D eigenvalue weighted by Crippen LogP contribution is 2.40. The van der Waals surface area contributed by atoms with E-state index in [1.165, 1.54) is 7.11 Å². The van der Waals surface area contributed by atoms with Crippen LogP contribution in [-0.4, -0.2) is 40.2 Å². The molecule has 0 amide bonds. The SMILES string of the molecule is COCCOCOc1c(C(C)(C)C)cc(C(=O)OC)cc1C(C)(C)C. The lowest BCUT2D eigenvalue weighted by molar-refractivity contribution is -0.00992. The first-order valence-corrected chi connectivity index (χ1v) is 8.49. The van der Waals surface area contributed by atoms with Crippen molar-refractivity contribution >= 4 is 5.97 Å². The lowest BCUT2D eigenvalue weighted by Gasteiger charge is -2.30. The maximum absolute atomic E-state index is 12.1. The summed E-state index contributed by atoms with van der Waals surface area (Å²) in [4.78, 5) is 12.1. The number of carbonyl (C=O) groups excluding carboxylic acids is 1. The highest BCUT2D eigenvalue weighted by Gasteiger charge is 2.29. The fraction of sp³-hybridized carbons (Fsp3) is 0.650. The molecular weight excluding hydrogens is 320 g/mol. The molecule has 0 spiro atoms. The molecule has 0 unspecified atom stereocenters. The molecule has 5 nitrogen and oxygen atoms in total. The average Bonchev–Trinajstić information content (AvgIpc) is 2.51. The number of benzene rings is 1. The van der Waals surface area contributed by atoms with E-state index in [4.69, 9.17) is 18.9 Å². The van der Waals surface area contributed by atoms with Gasteiger partial charge in [-0.2, -0.15) is 0 Å². The van der Waals surface area contributed by atoms with Crippen molar-refractivity contribution in [2.24, 2.45) is 0 Å². The van der Waals surface area contributed by atoms with Crippen LogP contribution < -0.4 is 4.74 Å². The van der Waals surface area contributed by atoms with Crippen LogP contribution in [-0.2, 0) is 25.0 Å². The van der Waals surface area contributed by atoms with E-state index < -0.39 is 0 Å². The Balaban J connectivity index is 3.36. The summed E-state index contributed by atoms with van der Waals surface area (Å²) in [6.07, 6.45) is 0. The van der Waals surface area contributed by atoms with Gasteiger partial charge in [0.1, 0.15) is 5.75 Å². The van der Waals surface area contributed by atoms with Gasteiger partial charge in [-0.3, -0.25) is 0 Å². The van der Waals surface area contributed by atoms with Crippen molar-refractivity contribution in [3.63, 3.8) is 0 Å². The molecule has 0 bridgehead atoms. The maximum Gasteiger partial charge on any atom is 0.337 e. The Labute approximate surface area is 151 Å². The van der Waals surface area contributed by atoms with Crippen LogP contribution in [0.3, 0.4) is 0 Å². The number of carbonyl (C=O) groups is 1. The van der Waals surface area contributed by atoms with E-state index in [0.29, 0.717) is 18.8 Å². The molecule has 25 heavy (non-hydrogen) atoms. The molecule has 1 rings (SSSR count). The second-order valence-electron chi connectivity index (χ2n) is 8.06. The van der Waals surface area contributed by atoms with Crippen LogP contribution in [0, 0.1) is 0 Å². The number of methoxy groups -OCH3 is 2. The summed E-state index contributed by atoms with van der Waals surface area (Å²) in [6.45, 7) is 13.7. The molecule has 0 radical (unpaired) electrons. The third kappa shape index (κ3) is 6.01. The normalized spacial score (nSPS) is 12.2. The molecule has 0 saturated carbocycles. The second-order valence-corrected chi connectivity index (χ2v) is 8.06. The lowest BCUT2D eigenvalue weighted by Crippen LogP contribution is -2.22. The summed E-state index contributed by atoms with van der Waals surface area (Å²) in [5.41, 5.74) is 2.04. The van der Waals surface area contributed by atoms with Gasteiger partial charge in [0.25, 0.3) is 0 Å². The number of hydrogen-bond acceptors (Lipinski definition) is 5. The van der Waals surface area contributed by atoms with Crippen molar-refractivity contribution < 1.29 is 23.7 Å². The first kappa shape index (κ1) is 21.5. The van der Waals surface area contributed by atoms with Crippen LogP contribution >= 0.6 is 0 Å². The third-order valence-corrected chi connectivity index (χ3v) is 3.84. The van der Waals surface area contributed by atoms with Gasteiger partial charge >= 0.3 is 5.97 Å². The van der Waals surface area contributed by atoms with E-state index in [1.54, 1.807) is 7.11 Å². The number of hydrogen-bond donors (Lipinski definition) is 0. The largest absolute Gasteiger partial charge is 0.467 e. The van der Waals surface area contributed by atoms with E-state index in [-0.39, 0.29) is 23.6 Å². The molecule has 0 aliphatic heterocycles. The minimum absolute atomic E-state index is 0.132. The van der Waals surface area contributed by atoms with Gasteiger partial charge in [-0.15, -0.1) is 0 Å². The zero-order chi connectivity index (χ0) is 19.3. The van der Waals surface area contributed by atoms with Gasteiger partial charge in [-0.25, -0.2) is 4.79 Å². The van der Waals surface area contributed by atoms with Crippen molar-refractivity contribution in [2.45, 2.75) is 52.4 Å². The number of ether oxygens (including phenoxy) is 4. The molecule has 0 aliphatic carbocycles. The third-order valence-electron chi connectivity index (χ3n) is 3.84. The predicted molar refractivity (Wildman–Crippen MR) is 98.5 cm³/mol. The quantitative estimate of drug-likeness (QED) is 0.421. The van der Waals surface area contributed by atoms with Gasteiger partial charge in [0.05, 0.1) is 25.9 Å². The minimum Gasteiger partial charge on any atom is -0.467 e. The molecule has 0 fully saturated rings. The molecule has 0 atom stereocenters. The summed E-state index contributed by atoms with van der Waals surface area (Å²) < 4.78 is 21.4. The number of rotatable bonds is 7. The highest BCUT2D eigenvalue weighted by atomic mass is 16.7. The average molecular weight is 352 g/mol. The van der Waals surface area contributed by atoms with Crippen molar-refractivity contribution in [3.8, 4) is 5.75 Å². The van der Waals surface area contributed by atoms with E-state index in [0.717, 1.165) is 16.9 Å². The Morgan fingerprint density at radius 3 is 1.84 bits per heavy atom. The number of esters is 1. The lowest BCUT2D eigenvalue weighted by atomic mass is 9.78. The molecule has 1 aromatic rings. The minimum atomic E-state index is -0.348. The van der Waals surface area contributed by atoms with Crippen molar-refractivity contribution in [2.75, 3.05) is 34.2 Å². The van der Waals surface area contributed by atoms with Crippen LogP contribution in [0.15, 0.2) is 12.1 Å². The van der Waals surface area contributed by atoms with Crippen LogP contribution in [0.1, 0.15) is 63.0 Å². The summed E-state index contributed by atoms with van der Waals surface area (Å²) in [7, 11) is 3.02. The zero-order valence-corrected chi connectivity index (χ0v) is 16.8. The van der Waals surface area contributed by atoms with E-state index in [1.807, 2.05) is 12.1 Å². The van der Waals surface area contributed by atoms with Crippen LogP contribution in [0.25, 0.3) is 0 Å². The molecule has 1 aromatic carbocycles. The summed E-state index contributed by atoms with van der Waals surface area (Å²) in [5.74, 6) is 0.420. The predicted octanol–water partition coefficient (Wildman–Crippen LogP) is 4.07. The van der Waals surface area contributed by atoms with Crippen LogP contribution in [0.2, 0.25) is 0 Å². The fourth-order valence-corrected chi connectivity index (χ4v) is 2.44. The zero-order valence-electron chi connectivity index (χ0n) is 16.8. The fourth-order valence-electron chi connectivity index (χ4n) is 2.44. The Kier molecular flexibility index (Phi) is 7.44. The molecule has 0 aliphatic rings. The summed E-state index contributed by atoms with van der Waals surface area (Å²) in [6, 6.07) is 3.71. The standard InChI is InChI=1S/C20H32O5/c1-19(2,3)15-11-14(18(21)23-8)12-16(20(4,5)6)17(15)25-13-24-10-9-22-7/h11-12H,9-10,13H2,1-8H3.